The Morgan fingerprint density at radius 2 is 2.27 bits per heavy atom. The Labute approximate surface area is 103 Å². The topological polar surface area (TPSA) is 26.3 Å². The van der Waals surface area contributed by atoms with Crippen molar-refractivity contribution < 1.29 is 9.53 Å². The number of rotatable bonds is 5. The molecule has 0 bridgehead atoms. The second kappa shape index (κ2) is 6.18. The van der Waals surface area contributed by atoms with Crippen LogP contribution in [0.4, 0.5) is 0 Å². The monoisotopic (exact) mass is 288 g/mol. The third kappa shape index (κ3) is 3.54. The molecule has 1 aromatic rings. The van der Waals surface area contributed by atoms with Crippen LogP contribution in [-0.2, 0) is 0 Å². The first-order valence-corrected chi connectivity index (χ1v) is 6.73. The average Bonchev–Trinajstić information content (AvgIpc) is 2.26. The van der Waals surface area contributed by atoms with Crippen LogP contribution in [0.15, 0.2) is 22.7 Å². The predicted octanol–water partition coefficient (Wildman–Crippen LogP) is 3.39. The molecule has 0 spiro atoms. The summed E-state index contributed by atoms with van der Waals surface area (Å²) < 4.78 is 6.00. The number of halogens is 1. The number of carbonyl (C=O) groups excluding carboxylic acids is 1. The van der Waals surface area contributed by atoms with E-state index in [0.717, 1.165) is 10.2 Å². The van der Waals surface area contributed by atoms with Gasteiger partial charge in [-0.05, 0) is 34.3 Å². The Hall–Kier alpha value is -0.480. The van der Waals surface area contributed by atoms with Gasteiger partial charge in [-0.15, -0.1) is 0 Å². The molecular formula is C11H13BrO2S. The van der Waals surface area contributed by atoms with E-state index in [-0.39, 0.29) is 5.78 Å². The van der Waals surface area contributed by atoms with Gasteiger partial charge < -0.3 is 4.74 Å². The largest absolute Gasteiger partial charge is 0.496 e. The summed E-state index contributed by atoms with van der Waals surface area (Å²) in [6.07, 6.45) is 2.57. The normalized spacial score (nSPS) is 10.1. The van der Waals surface area contributed by atoms with Crippen LogP contribution < -0.4 is 4.74 Å². The van der Waals surface area contributed by atoms with E-state index < -0.39 is 0 Å². The van der Waals surface area contributed by atoms with Gasteiger partial charge in [-0.3, -0.25) is 4.79 Å². The molecule has 0 N–H and O–H groups in total. The fourth-order valence-corrected chi connectivity index (χ4v) is 1.97. The van der Waals surface area contributed by atoms with Gasteiger partial charge in [0.15, 0.2) is 5.78 Å². The van der Waals surface area contributed by atoms with E-state index in [4.69, 9.17) is 4.74 Å². The number of Topliss-reactive ketones (excluding diaryl/α,β-unsaturated/α-hetero) is 1. The third-order valence-corrected chi connectivity index (χ3v) is 3.27. The van der Waals surface area contributed by atoms with E-state index in [1.54, 1.807) is 24.9 Å². The molecule has 0 unspecified atom stereocenters. The highest BCUT2D eigenvalue weighted by Crippen LogP contribution is 2.26. The van der Waals surface area contributed by atoms with E-state index in [1.165, 1.54) is 0 Å². The van der Waals surface area contributed by atoms with E-state index in [0.29, 0.717) is 17.7 Å². The summed E-state index contributed by atoms with van der Waals surface area (Å²) in [5, 5.41) is 0. The van der Waals surface area contributed by atoms with Gasteiger partial charge in [-0.2, -0.15) is 11.8 Å². The Balaban J connectivity index is 2.81. The first-order valence-electron chi connectivity index (χ1n) is 4.54. The molecule has 0 radical (unpaired) electrons. The second-order valence-corrected chi connectivity index (χ2v) is 4.86. The van der Waals surface area contributed by atoms with Crippen molar-refractivity contribution in [3.05, 3.63) is 28.2 Å². The van der Waals surface area contributed by atoms with Gasteiger partial charge in [0.25, 0.3) is 0 Å². The molecule has 1 rings (SSSR count). The summed E-state index contributed by atoms with van der Waals surface area (Å²) >= 11 is 5.03. The van der Waals surface area contributed by atoms with E-state index in [1.807, 2.05) is 18.4 Å². The molecule has 0 saturated carbocycles. The maximum atomic E-state index is 11.7. The van der Waals surface area contributed by atoms with Crippen LogP contribution in [0.2, 0.25) is 0 Å². The number of hydrogen-bond acceptors (Lipinski definition) is 3. The van der Waals surface area contributed by atoms with Gasteiger partial charge in [-0.1, -0.05) is 6.07 Å². The summed E-state index contributed by atoms with van der Waals surface area (Å²) in [6.45, 7) is 0. The SMILES string of the molecule is COc1cc(C(=O)CCSC)ccc1Br. The first-order chi connectivity index (χ1) is 7.19. The van der Waals surface area contributed by atoms with Crippen molar-refractivity contribution in [2.75, 3.05) is 19.1 Å². The molecule has 0 aliphatic carbocycles. The fourth-order valence-electron chi connectivity index (χ4n) is 1.17. The van der Waals surface area contributed by atoms with Gasteiger partial charge in [0.05, 0.1) is 11.6 Å². The molecule has 0 aromatic heterocycles. The molecule has 0 amide bonds. The standard InChI is InChI=1S/C11H13BrO2S/c1-14-11-7-8(3-4-9(11)12)10(13)5-6-15-2/h3-4,7H,5-6H2,1-2H3. The summed E-state index contributed by atoms with van der Waals surface area (Å²) in [5.74, 6) is 1.72. The molecule has 4 heteroatoms. The van der Waals surface area contributed by atoms with Crippen LogP contribution >= 0.6 is 27.7 Å². The number of benzene rings is 1. The minimum Gasteiger partial charge on any atom is -0.496 e. The molecule has 82 valence electrons. The Kier molecular flexibility index (Phi) is 5.19. The van der Waals surface area contributed by atoms with Crippen LogP contribution in [-0.4, -0.2) is 24.9 Å². The van der Waals surface area contributed by atoms with Crippen LogP contribution in [0.3, 0.4) is 0 Å². The van der Waals surface area contributed by atoms with Gasteiger partial charge in [0.2, 0.25) is 0 Å². The number of ketones is 1. The molecule has 2 nitrogen and oxygen atoms in total. The van der Waals surface area contributed by atoms with Crippen molar-refractivity contribution in [1.82, 2.24) is 0 Å². The molecule has 0 heterocycles. The number of carbonyl (C=O) groups is 1. The maximum Gasteiger partial charge on any atom is 0.163 e. The lowest BCUT2D eigenvalue weighted by molar-refractivity contribution is 0.0989. The summed E-state index contributed by atoms with van der Waals surface area (Å²) in [4.78, 5) is 11.7. The summed E-state index contributed by atoms with van der Waals surface area (Å²) in [7, 11) is 1.59. The predicted molar refractivity (Wildman–Crippen MR) is 68.0 cm³/mol. The van der Waals surface area contributed by atoms with E-state index in [9.17, 15) is 4.79 Å². The second-order valence-electron chi connectivity index (χ2n) is 3.02. The van der Waals surface area contributed by atoms with Crippen molar-refractivity contribution in [3.8, 4) is 5.75 Å². The Morgan fingerprint density at radius 1 is 1.53 bits per heavy atom. The lowest BCUT2D eigenvalue weighted by Gasteiger charge is -2.05. The quantitative estimate of drug-likeness (QED) is 0.777. The number of hydrogen-bond donors (Lipinski definition) is 0. The van der Waals surface area contributed by atoms with Gasteiger partial charge in [-0.25, -0.2) is 0 Å². The molecule has 0 atom stereocenters. The highest BCUT2D eigenvalue weighted by Gasteiger charge is 2.08. The lowest BCUT2D eigenvalue weighted by atomic mass is 10.1. The molecular weight excluding hydrogens is 276 g/mol. The van der Waals surface area contributed by atoms with Gasteiger partial charge in [0, 0.05) is 17.7 Å². The van der Waals surface area contributed by atoms with Crippen molar-refractivity contribution in [3.63, 3.8) is 0 Å². The zero-order valence-corrected chi connectivity index (χ0v) is 11.2. The van der Waals surface area contributed by atoms with Crippen LogP contribution in [0.1, 0.15) is 16.8 Å². The highest BCUT2D eigenvalue weighted by atomic mass is 79.9. The molecule has 0 aliphatic heterocycles. The van der Waals surface area contributed by atoms with Crippen molar-refractivity contribution >= 4 is 33.5 Å². The van der Waals surface area contributed by atoms with E-state index >= 15 is 0 Å². The van der Waals surface area contributed by atoms with Crippen LogP contribution in [0.5, 0.6) is 5.75 Å². The molecule has 0 saturated heterocycles. The van der Waals surface area contributed by atoms with E-state index in [2.05, 4.69) is 15.9 Å². The minimum absolute atomic E-state index is 0.162. The van der Waals surface area contributed by atoms with Gasteiger partial charge >= 0.3 is 0 Å². The Morgan fingerprint density at radius 3 is 2.87 bits per heavy atom. The van der Waals surface area contributed by atoms with Crippen molar-refractivity contribution in [2.24, 2.45) is 0 Å². The molecule has 0 fully saturated rings. The molecule has 1 aromatic carbocycles. The van der Waals surface area contributed by atoms with Crippen molar-refractivity contribution in [1.29, 1.82) is 0 Å². The minimum atomic E-state index is 0.162. The zero-order valence-electron chi connectivity index (χ0n) is 8.75. The third-order valence-electron chi connectivity index (χ3n) is 2.01. The number of ether oxygens (including phenoxy) is 1. The average molecular weight is 289 g/mol. The summed E-state index contributed by atoms with van der Waals surface area (Å²) in [6, 6.07) is 5.42. The van der Waals surface area contributed by atoms with Crippen molar-refractivity contribution in [2.45, 2.75) is 6.42 Å². The zero-order chi connectivity index (χ0) is 11.3. The highest BCUT2D eigenvalue weighted by molar-refractivity contribution is 9.10. The number of thioether (sulfide) groups is 1. The molecule has 15 heavy (non-hydrogen) atoms. The fraction of sp³-hybridized carbons (Fsp3) is 0.364. The van der Waals surface area contributed by atoms with Gasteiger partial charge in [0.1, 0.15) is 5.75 Å². The van der Waals surface area contributed by atoms with Crippen LogP contribution in [0, 0.1) is 0 Å². The first kappa shape index (κ1) is 12.6. The Bertz CT molecular complexity index is 352. The maximum absolute atomic E-state index is 11.7. The van der Waals surface area contributed by atoms with Crippen LogP contribution in [0.25, 0.3) is 0 Å². The number of methoxy groups -OCH3 is 1. The summed E-state index contributed by atoms with van der Waals surface area (Å²) in [5.41, 5.74) is 0.712. The lowest BCUT2D eigenvalue weighted by Crippen LogP contribution is -2.01. The smallest absolute Gasteiger partial charge is 0.163 e. The molecule has 0 aliphatic rings.